The van der Waals surface area contributed by atoms with Gasteiger partial charge in [-0.25, -0.2) is 4.79 Å². The Bertz CT molecular complexity index is 806. The molecule has 0 N–H and O–H groups in total. The van der Waals surface area contributed by atoms with Gasteiger partial charge in [-0.3, -0.25) is 4.63 Å². The molecule has 3 atom stereocenters. The second-order valence-electron chi connectivity index (χ2n) is 5.38. The van der Waals surface area contributed by atoms with Crippen LogP contribution in [-0.2, 0) is 19.1 Å². The van der Waals surface area contributed by atoms with E-state index in [-0.39, 0.29) is 45.4 Å². The van der Waals surface area contributed by atoms with Crippen LogP contribution in [-0.4, -0.2) is 47.7 Å². The highest BCUT2D eigenvalue weighted by atomic mass is 17.0. The molecule has 0 spiro atoms. The van der Waals surface area contributed by atoms with E-state index < -0.39 is 12.1 Å². The average molecular weight is 338 g/mol. The highest BCUT2D eigenvalue weighted by Crippen LogP contribution is 2.28. The molecule has 0 saturated carbocycles. The lowest BCUT2D eigenvalue weighted by atomic mass is 10.1. The maximum absolute atomic E-state index is 12.0. The standard InChI is InChI=1S/C13H12N3O8/c17-13(7-1-2-9-8(5-7)14-24-15(9)18)23-16(19)22-11-6-21-10-3-4-20-12(10)11/h1-2,5,10-12H,3-4,6H2/q+1. The zero-order valence-electron chi connectivity index (χ0n) is 12.2. The predicted octanol–water partition coefficient (Wildman–Crippen LogP) is -0.200. The summed E-state index contributed by atoms with van der Waals surface area (Å²) in [5.41, 5.74) is 0.317. The molecule has 1 aromatic heterocycles. The highest BCUT2D eigenvalue weighted by molar-refractivity contribution is 5.92. The van der Waals surface area contributed by atoms with Crippen molar-refractivity contribution in [2.75, 3.05) is 13.2 Å². The summed E-state index contributed by atoms with van der Waals surface area (Å²) in [4.78, 5) is 33.4. The molecule has 2 saturated heterocycles. The second-order valence-corrected chi connectivity index (χ2v) is 5.38. The van der Waals surface area contributed by atoms with Crippen LogP contribution in [0.4, 0.5) is 0 Å². The Labute approximate surface area is 133 Å². The first-order valence-corrected chi connectivity index (χ1v) is 7.21. The normalized spacial score (nSPS) is 25.6. The van der Waals surface area contributed by atoms with Crippen LogP contribution in [0.25, 0.3) is 11.0 Å². The third-order valence-electron chi connectivity index (χ3n) is 3.92. The molecule has 2 fully saturated rings. The van der Waals surface area contributed by atoms with Gasteiger partial charge in [0.15, 0.2) is 0 Å². The number of hydrogen-bond donors (Lipinski definition) is 0. The summed E-state index contributed by atoms with van der Waals surface area (Å²) >= 11 is 0. The van der Waals surface area contributed by atoms with Crippen molar-refractivity contribution in [3.63, 3.8) is 0 Å². The van der Waals surface area contributed by atoms with E-state index in [4.69, 9.17) is 14.3 Å². The van der Waals surface area contributed by atoms with Crippen LogP contribution in [0.2, 0.25) is 0 Å². The number of benzene rings is 1. The van der Waals surface area contributed by atoms with Crippen LogP contribution < -0.4 is 4.90 Å². The molecular weight excluding hydrogens is 326 g/mol. The Morgan fingerprint density at radius 3 is 3.17 bits per heavy atom. The predicted molar refractivity (Wildman–Crippen MR) is 71.0 cm³/mol. The molecule has 3 unspecified atom stereocenters. The van der Waals surface area contributed by atoms with E-state index >= 15 is 0 Å². The Morgan fingerprint density at radius 2 is 2.29 bits per heavy atom. The van der Waals surface area contributed by atoms with Gasteiger partial charge in [-0.05, 0) is 23.5 Å². The Balaban J connectivity index is 1.40. The molecule has 0 bridgehead atoms. The van der Waals surface area contributed by atoms with Crippen molar-refractivity contribution in [3.8, 4) is 0 Å². The van der Waals surface area contributed by atoms with Gasteiger partial charge in [0.2, 0.25) is 17.1 Å². The summed E-state index contributed by atoms with van der Waals surface area (Å²) < 4.78 is 15.2. The monoisotopic (exact) mass is 338 g/mol. The number of carbonyl (C=O) groups is 1. The molecule has 24 heavy (non-hydrogen) atoms. The third kappa shape index (κ3) is 2.53. The first-order valence-electron chi connectivity index (χ1n) is 7.21. The number of rotatable bonds is 4. The molecule has 3 heterocycles. The summed E-state index contributed by atoms with van der Waals surface area (Å²) in [6.07, 6.45) is -0.354. The Kier molecular flexibility index (Phi) is 3.50. The second kappa shape index (κ2) is 5.69. The minimum atomic E-state index is -0.963. The van der Waals surface area contributed by atoms with Crippen LogP contribution in [0.1, 0.15) is 16.8 Å². The van der Waals surface area contributed by atoms with Crippen molar-refractivity contribution < 1.29 is 38.6 Å². The molecule has 11 nitrogen and oxygen atoms in total. The maximum Gasteiger partial charge on any atom is 0.487 e. The van der Waals surface area contributed by atoms with Gasteiger partial charge < -0.3 is 14.7 Å². The lowest BCUT2D eigenvalue weighted by molar-refractivity contribution is -0.969. The minimum absolute atomic E-state index is 0.0125. The van der Waals surface area contributed by atoms with Crippen LogP contribution in [0.5, 0.6) is 0 Å². The number of nitrogens with zero attached hydrogens (tertiary/aromatic N) is 3. The topological polar surface area (TPSA) is 127 Å². The fraction of sp³-hybridized carbons (Fsp3) is 0.462. The van der Waals surface area contributed by atoms with Gasteiger partial charge >= 0.3 is 11.1 Å². The number of ether oxygens (including phenoxy) is 2. The summed E-state index contributed by atoms with van der Waals surface area (Å²) in [7, 11) is 0. The molecule has 126 valence electrons. The van der Waals surface area contributed by atoms with Crippen molar-refractivity contribution in [1.82, 2.24) is 5.16 Å². The van der Waals surface area contributed by atoms with Crippen LogP contribution in [0.15, 0.2) is 22.8 Å². The lowest BCUT2D eigenvalue weighted by Gasteiger charge is -2.08. The van der Waals surface area contributed by atoms with E-state index in [1.165, 1.54) is 18.2 Å². The summed E-state index contributed by atoms with van der Waals surface area (Å²) in [6.45, 7) is 0.714. The summed E-state index contributed by atoms with van der Waals surface area (Å²) in [5.74, 6) is -0.963. The number of hydrogen-bond acceptors (Lipinski definition) is 9. The van der Waals surface area contributed by atoms with Gasteiger partial charge in [-0.2, -0.15) is 4.84 Å². The molecule has 2 aromatic rings. The average Bonchev–Trinajstić information content (AvgIpc) is 3.25. The Hall–Kier alpha value is -2.79. The van der Waals surface area contributed by atoms with E-state index in [9.17, 15) is 14.9 Å². The zero-order valence-corrected chi connectivity index (χ0v) is 12.2. The van der Waals surface area contributed by atoms with E-state index in [0.29, 0.717) is 6.61 Å². The lowest BCUT2D eigenvalue weighted by Crippen LogP contribution is -2.33. The number of carbonyl (C=O) groups excluding carboxylic acids is 1. The molecule has 2 aliphatic rings. The van der Waals surface area contributed by atoms with E-state index in [1.54, 1.807) is 0 Å². The SMILES string of the molecule is O=C(O[N+](=O)OC1COC2CCOC21)c1ccc2c(c1)no[n+]2[O-]. The molecule has 0 radical (unpaired) electrons. The van der Waals surface area contributed by atoms with Gasteiger partial charge in [0, 0.05) is 17.8 Å². The fourth-order valence-corrected chi connectivity index (χ4v) is 2.78. The summed E-state index contributed by atoms with van der Waals surface area (Å²) in [5, 5.41) is 14.4. The first-order chi connectivity index (χ1) is 11.6. The van der Waals surface area contributed by atoms with E-state index in [1.807, 2.05) is 0 Å². The van der Waals surface area contributed by atoms with Gasteiger partial charge in [-0.15, -0.1) is 0 Å². The van der Waals surface area contributed by atoms with Gasteiger partial charge in [0.1, 0.15) is 11.0 Å². The van der Waals surface area contributed by atoms with Crippen molar-refractivity contribution in [2.45, 2.75) is 24.7 Å². The Morgan fingerprint density at radius 1 is 1.42 bits per heavy atom. The van der Waals surface area contributed by atoms with Gasteiger partial charge in [-0.1, -0.05) is 4.84 Å². The highest BCUT2D eigenvalue weighted by Gasteiger charge is 2.47. The van der Waals surface area contributed by atoms with Crippen molar-refractivity contribution in [1.29, 1.82) is 0 Å². The molecule has 0 amide bonds. The third-order valence-corrected chi connectivity index (χ3v) is 3.92. The summed E-state index contributed by atoms with van der Waals surface area (Å²) in [6, 6.07) is 3.89. The molecular formula is C13H12N3O8+. The van der Waals surface area contributed by atoms with Gasteiger partial charge in [0.05, 0.1) is 18.3 Å². The molecule has 11 heteroatoms. The molecule has 1 aromatic carbocycles. The van der Waals surface area contributed by atoms with Crippen molar-refractivity contribution in [3.05, 3.63) is 33.9 Å². The maximum atomic E-state index is 12.0. The van der Waals surface area contributed by atoms with Crippen LogP contribution >= 0.6 is 0 Å². The smallest absolute Gasteiger partial charge is 0.371 e. The number of aromatic nitrogens is 2. The zero-order chi connectivity index (χ0) is 16.7. The van der Waals surface area contributed by atoms with Gasteiger partial charge in [0.25, 0.3) is 0 Å². The quantitative estimate of drug-likeness (QED) is 0.550. The molecule has 0 aliphatic carbocycles. The molecule has 4 rings (SSSR count). The largest absolute Gasteiger partial charge is 0.487 e. The first kappa shape index (κ1) is 14.8. The number of fused-ring (bicyclic) bond motifs is 2. The van der Waals surface area contributed by atoms with E-state index in [2.05, 4.69) is 14.6 Å². The van der Waals surface area contributed by atoms with Crippen LogP contribution in [0, 0.1) is 10.1 Å². The van der Waals surface area contributed by atoms with Crippen molar-refractivity contribution >= 4 is 17.0 Å². The minimum Gasteiger partial charge on any atom is -0.371 e. The van der Waals surface area contributed by atoms with Crippen LogP contribution in [0.3, 0.4) is 0 Å². The molecule has 2 aliphatic heterocycles. The fourth-order valence-electron chi connectivity index (χ4n) is 2.78. The van der Waals surface area contributed by atoms with E-state index in [0.717, 1.165) is 6.42 Å². The van der Waals surface area contributed by atoms with Crippen molar-refractivity contribution in [2.24, 2.45) is 0 Å².